The molecule has 1 fully saturated rings. The SMILES string of the molecule is CC[C@@H](CO)N1CCN(C(=O)Nc2cc(C#N)cn2C(C)(C)C)CC1. The van der Waals surface area contributed by atoms with Crippen LogP contribution in [0.3, 0.4) is 0 Å². The third-order valence-corrected chi connectivity index (χ3v) is 4.71. The Morgan fingerprint density at radius 3 is 2.48 bits per heavy atom. The standard InChI is InChI=1S/C18H29N5O2/c1-5-15(13-24)21-6-8-22(9-7-21)17(25)20-16-10-14(11-19)12-23(16)18(2,3)4/h10,12,15,24H,5-9,13H2,1-4H3,(H,20,25)/t15-/m0/s1. The Bertz CT molecular complexity index is 629. The van der Waals surface area contributed by atoms with E-state index < -0.39 is 0 Å². The molecule has 0 radical (unpaired) electrons. The van der Waals surface area contributed by atoms with Crippen LogP contribution in [-0.4, -0.2) is 64.3 Å². The van der Waals surface area contributed by atoms with E-state index >= 15 is 0 Å². The summed E-state index contributed by atoms with van der Waals surface area (Å²) in [4.78, 5) is 16.6. The highest BCUT2D eigenvalue weighted by atomic mass is 16.3. The smallest absolute Gasteiger partial charge is 0.323 e. The van der Waals surface area contributed by atoms with E-state index in [1.807, 2.05) is 25.3 Å². The predicted molar refractivity (Wildman–Crippen MR) is 97.5 cm³/mol. The molecule has 0 unspecified atom stereocenters. The number of aliphatic hydroxyl groups is 1. The van der Waals surface area contributed by atoms with Crippen molar-refractivity contribution in [1.82, 2.24) is 14.4 Å². The van der Waals surface area contributed by atoms with Crippen LogP contribution in [0.15, 0.2) is 12.3 Å². The first-order valence-corrected chi connectivity index (χ1v) is 8.84. The summed E-state index contributed by atoms with van der Waals surface area (Å²) in [6.45, 7) is 11.1. The fraction of sp³-hybridized carbons (Fsp3) is 0.667. The molecule has 7 heteroatoms. The molecule has 1 atom stereocenters. The summed E-state index contributed by atoms with van der Waals surface area (Å²) < 4.78 is 1.92. The van der Waals surface area contributed by atoms with Gasteiger partial charge in [-0.1, -0.05) is 6.92 Å². The van der Waals surface area contributed by atoms with Gasteiger partial charge in [-0.2, -0.15) is 5.26 Å². The van der Waals surface area contributed by atoms with Gasteiger partial charge >= 0.3 is 6.03 Å². The zero-order valence-corrected chi connectivity index (χ0v) is 15.6. The van der Waals surface area contributed by atoms with Gasteiger partial charge in [0.15, 0.2) is 0 Å². The zero-order chi connectivity index (χ0) is 18.6. The second kappa shape index (κ2) is 7.89. The van der Waals surface area contributed by atoms with Gasteiger partial charge in [0.1, 0.15) is 11.9 Å². The third-order valence-electron chi connectivity index (χ3n) is 4.71. The lowest BCUT2D eigenvalue weighted by Gasteiger charge is -2.38. The van der Waals surface area contributed by atoms with Crippen molar-refractivity contribution in [1.29, 1.82) is 5.26 Å². The number of amides is 2. The van der Waals surface area contributed by atoms with E-state index in [0.29, 0.717) is 24.5 Å². The van der Waals surface area contributed by atoms with Gasteiger partial charge in [-0.25, -0.2) is 4.79 Å². The molecule has 2 N–H and O–H groups in total. The average Bonchev–Trinajstić information content (AvgIpc) is 3.00. The lowest BCUT2D eigenvalue weighted by atomic mass is 10.1. The number of nitrogens with one attached hydrogen (secondary N) is 1. The quantitative estimate of drug-likeness (QED) is 0.873. The molecule has 0 bridgehead atoms. The number of carbonyl (C=O) groups excluding carboxylic acids is 1. The Labute approximate surface area is 149 Å². The Morgan fingerprint density at radius 1 is 1.36 bits per heavy atom. The van der Waals surface area contributed by atoms with Crippen molar-refractivity contribution in [2.24, 2.45) is 0 Å². The van der Waals surface area contributed by atoms with Crippen molar-refractivity contribution in [3.63, 3.8) is 0 Å². The van der Waals surface area contributed by atoms with E-state index in [-0.39, 0.29) is 24.2 Å². The number of rotatable bonds is 4. The van der Waals surface area contributed by atoms with Crippen LogP contribution in [-0.2, 0) is 5.54 Å². The van der Waals surface area contributed by atoms with Crippen LogP contribution in [0.2, 0.25) is 0 Å². The minimum Gasteiger partial charge on any atom is -0.395 e. The van der Waals surface area contributed by atoms with Crippen molar-refractivity contribution in [2.45, 2.75) is 45.7 Å². The van der Waals surface area contributed by atoms with Gasteiger partial charge in [-0.3, -0.25) is 10.2 Å². The summed E-state index contributed by atoms with van der Waals surface area (Å²) in [7, 11) is 0. The van der Waals surface area contributed by atoms with Crippen LogP contribution in [0.25, 0.3) is 0 Å². The molecule has 0 spiro atoms. The normalized spacial score (nSPS) is 17.2. The third kappa shape index (κ3) is 4.53. The molecule has 2 rings (SSSR count). The minimum absolute atomic E-state index is 0.148. The summed E-state index contributed by atoms with van der Waals surface area (Å²) in [6, 6.07) is 3.85. The minimum atomic E-state index is -0.230. The summed E-state index contributed by atoms with van der Waals surface area (Å²) in [5.41, 5.74) is 0.301. The van der Waals surface area contributed by atoms with Crippen molar-refractivity contribution < 1.29 is 9.90 Å². The van der Waals surface area contributed by atoms with Crippen molar-refractivity contribution in [3.8, 4) is 6.07 Å². The molecular weight excluding hydrogens is 318 g/mol. The monoisotopic (exact) mass is 347 g/mol. The molecule has 7 nitrogen and oxygen atoms in total. The first-order valence-electron chi connectivity index (χ1n) is 8.84. The number of hydrogen-bond acceptors (Lipinski definition) is 4. The molecule has 1 aromatic heterocycles. The van der Waals surface area contributed by atoms with Crippen LogP contribution in [0.4, 0.5) is 10.6 Å². The zero-order valence-electron chi connectivity index (χ0n) is 15.6. The topological polar surface area (TPSA) is 84.5 Å². The number of piperazine rings is 1. The van der Waals surface area contributed by atoms with Gasteiger partial charge in [-0.05, 0) is 33.3 Å². The van der Waals surface area contributed by atoms with Crippen LogP contribution in [0.1, 0.15) is 39.7 Å². The Balaban J connectivity index is 2.02. The Kier molecular flexibility index (Phi) is 6.09. The summed E-state index contributed by atoms with van der Waals surface area (Å²) in [5.74, 6) is 0.637. The molecule has 0 aromatic carbocycles. The van der Waals surface area contributed by atoms with Crippen LogP contribution in [0, 0.1) is 11.3 Å². The van der Waals surface area contributed by atoms with E-state index in [9.17, 15) is 9.90 Å². The van der Waals surface area contributed by atoms with E-state index in [1.54, 1.807) is 17.2 Å². The van der Waals surface area contributed by atoms with Crippen LogP contribution < -0.4 is 5.32 Å². The maximum atomic E-state index is 12.6. The lowest BCUT2D eigenvalue weighted by Crippen LogP contribution is -2.53. The second-order valence-corrected chi connectivity index (χ2v) is 7.46. The Hall–Kier alpha value is -2.04. The molecule has 2 amide bonds. The number of hydrogen-bond donors (Lipinski definition) is 2. The molecule has 1 aliphatic heterocycles. The highest BCUT2D eigenvalue weighted by Gasteiger charge is 2.26. The number of nitrogens with zero attached hydrogens (tertiary/aromatic N) is 4. The first-order chi connectivity index (χ1) is 11.8. The highest BCUT2D eigenvalue weighted by Crippen LogP contribution is 2.24. The highest BCUT2D eigenvalue weighted by molar-refractivity contribution is 5.89. The lowest BCUT2D eigenvalue weighted by molar-refractivity contribution is 0.0765. The number of urea groups is 1. The van der Waals surface area contributed by atoms with E-state index in [1.165, 1.54) is 0 Å². The summed E-state index contributed by atoms with van der Waals surface area (Å²) in [5, 5.41) is 21.5. The molecule has 2 heterocycles. The van der Waals surface area contributed by atoms with Crippen molar-refractivity contribution in [2.75, 3.05) is 38.1 Å². The molecule has 0 saturated carbocycles. The fourth-order valence-electron chi connectivity index (χ4n) is 3.16. The molecule has 0 aliphatic carbocycles. The van der Waals surface area contributed by atoms with Gasteiger partial charge in [-0.15, -0.1) is 0 Å². The summed E-state index contributed by atoms with van der Waals surface area (Å²) in [6.07, 6.45) is 2.67. The van der Waals surface area contributed by atoms with E-state index in [0.717, 1.165) is 19.5 Å². The van der Waals surface area contributed by atoms with Gasteiger partial charge < -0.3 is 14.6 Å². The van der Waals surface area contributed by atoms with E-state index in [4.69, 9.17) is 5.26 Å². The molecule has 1 aromatic rings. The molecule has 25 heavy (non-hydrogen) atoms. The van der Waals surface area contributed by atoms with Crippen molar-refractivity contribution in [3.05, 3.63) is 17.8 Å². The summed E-state index contributed by atoms with van der Waals surface area (Å²) >= 11 is 0. The number of aromatic nitrogens is 1. The van der Waals surface area contributed by atoms with Crippen LogP contribution >= 0.6 is 0 Å². The second-order valence-electron chi connectivity index (χ2n) is 7.46. The maximum Gasteiger partial charge on any atom is 0.323 e. The van der Waals surface area contributed by atoms with Crippen molar-refractivity contribution >= 4 is 11.8 Å². The van der Waals surface area contributed by atoms with Crippen LogP contribution in [0.5, 0.6) is 0 Å². The number of carbonyl (C=O) groups is 1. The first kappa shape index (κ1) is 19.3. The molecule has 1 aliphatic rings. The van der Waals surface area contributed by atoms with Gasteiger partial charge in [0.05, 0.1) is 12.2 Å². The number of anilines is 1. The Morgan fingerprint density at radius 2 is 2.00 bits per heavy atom. The number of aliphatic hydroxyl groups excluding tert-OH is 1. The van der Waals surface area contributed by atoms with E-state index in [2.05, 4.69) is 23.2 Å². The maximum absolute atomic E-state index is 12.6. The molecule has 1 saturated heterocycles. The van der Waals surface area contributed by atoms with Gasteiger partial charge in [0.2, 0.25) is 0 Å². The predicted octanol–water partition coefficient (Wildman–Crippen LogP) is 2.04. The fourth-order valence-corrected chi connectivity index (χ4v) is 3.16. The van der Waals surface area contributed by atoms with Gasteiger partial charge in [0.25, 0.3) is 0 Å². The largest absolute Gasteiger partial charge is 0.395 e. The molecule has 138 valence electrons. The average molecular weight is 347 g/mol. The van der Waals surface area contributed by atoms with Gasteiger partial charge in [0, 0.05) is 44.0 Å². The number of nitriles is 1. The molecular formula is C18H29N5O2.